The average molecular weight is 238 g/mol. The van der Waals surface area contributed by atoms with Crippen LogP contribution in [0.15, 0.2) is 61.7 Å². The Morgan fingerprint density at radius 2 is 1.33 bits per heavy atom. The second-order valence-corrected chi connectivity index (χ2v) is 4.05. The second kappa shape index (κ2) is 5.92. The first-order valence-electron chi connectivity index (χ1n) is 6.08. The van der Waals surface area contributed by atoms with Gasteiger partial charge in [0.2, 0.25) is 0 Å². The van der Waals surface area contributed by atoms with Crippen molar-refractivity contribution in [3.63, 3.8) is 0 Å². The molecule has 0 saturated carbocycles. The molecule has 0 bridgehead atoms. The summed E-state index contributed by atoms with van der Waals surface area (Å²) >= 11 is 0. The maximum absolute atomic E-state index is 3.74. The molecule has 18 heavy (non-hydrogen) atoms. The SMILES string of the molecule is C=CCNc1cccc2cccc(NCC=C)c12. The van der Waals surface area contributed by atoms with Crippen molar-refractivity contribution in [2.45, 2.75) is 0 Å². The molecule has 2 nitrogen and oxygen atoms in total. The number of nitrogens with one attached hydrogen (secondary N) is 2. The molecule has 2 aromatic rings. The van der Waals surface area contributed by atoms with Crippen LogP contribution in [0.5, 0.6) is 0 Å². The summed E-state index contributed by atoms with van der Waals surface area (Å²) in [5, 5.41) is 9.17. The van der Waals surface area contributed by atoms with E-state index in [9.17, 15) is 0 Å². The lowest BCUT2D eigenvalue weighted by Crippen LogP contribution is -2.02. The van der Waals surface area contributed by atoms with E-state index < -0.39 is 0 Å². The van der Waals surface area contributed by atoms with Crippen LogP contribution in [0.25, 0.3) is 10.8 Å². The van der Waals surface area contributed by atoms with Crippen molar-refractivity contribution in [1.29, 1.82) is 0 Å². The molecule has 2 N–H and O–H groups in total. The summed E-state index contributed by atoms with van der Waals surface area (Å²) in [6.07, 6.45) is 3.72. The van der Waals surface area contributed by atoms with E-state index >= 15 is 0 Å². The lowest BCUT2D eigenvalue weighted by molar-refractivity contribution is 1.34. The van der Waals surface area contributed by atoms with Crippen molar-refractivity contribution >= 4 is 22.1 Å². The predicted molar refractivity (Wildman–Crippen MR) is 81.3 cm³/mol. The Balaban J connectivity index is 2.48. The van der Waals surface area contributed by atoms with Crippen LogP contribution in [0.1, 0.15) is 0 Å². The molecule has 0 aliphatic heterocycles. The van der Waals surface area contributed by atoms with Crippen molar-refractivity contribution in [3.8, 4) is 0 Å². The van der Waals surface area contributed by atoms with Crippen LogP contribution in [0.4, 0.5) is 11.4 Å². The topological polar surface area (TPSA) is 24.1 Å². The largest absolute Gasteiger partial charge is 0.381 e. The number of hydrogen-bond donors (Lipinski definition) is 2. The van der Waals surface area contributed by atoms with Crippen molar-refractivity contribution in [2.24, 2.45) is 0 Å². The third-order valence-corrected chi connectivity index (χ3v) is 2.78. The fraction of sp³-hybridized carbons (Fsp3) is 0.125. The third-order valence-electron chi connectivity index (χ3n) is 2.78. The normalized spacial score (nSPS) is 10.0. The Labute approximate surface area is 108 Å². The van der Waals surface area contributed by atoms with Gasteiger partial charge in [0.05, 0.1) is 0 Å². The summed E-state index contributed by atoms with van der Waals surface area (Å²) in [4.78, 5) is 0. The summed E-state index contributed by atoms with van der Waals surface area (Å²) in [5.74, 6) is 0. The van der Waals surface area contributed by atoms with Gasteiger partial charge in [-0.25, -0.2) is 0 Å². The molecule has 0 aromatic heterocycles. The molecule has 0 spiro atoms. The molecule has 0 fully saturated rings. The maximum atomic E-state index is 3.74. The van der Waals surface area contributed by atoms with Gasteiger partial charge in [-0.2, -0.15) is 0 Å². The Hall–Kier alpha value is -2.22. The zero-order valence-corrected chi connectivity index (χ0v) is 10.4. The second-order valence-electron chi connectivity index (χ2n) is 4.05. The van der Waals surface area contributed by atoms with Crippen LogP contribution in [0.3, 0.4) is 0 Å². The molecule has 2 aromatic carbocycles. The highest BCUT2D eigenvalue weighted by Crippen LogP contribution is 2.30. The molecule has 0 amide bonds. The molecular formula is C16H18N2. The van der Waals surface area contributed by atoms with Gasteiger partial charge in [0, 0.05) is 29.9 Å². The summed E-state index contributed by atoms with van der Waals surface area (Å²) in [5.41, 5.74) is 2.25. The quantitative estimate of drug-likeness (QED) is 0.742. The molecule has 0 unspecified atom stereocenters. The fourth-order valence-electron chi connectivity index (χ4n) is 2.00. The zero-order chi connectivity index (χ0) is 12.8. The molecular weight excluding hydrogens is 220 g/mol. The number of benzene rings is 2. The molecule has 0 saturated heterocycles. The average Bonchev–Trinajstić information content (AvgIpc) is 2.42. The van der Waals surface area contributed by atoms with Gasteiger partial charge >= 0.3 is 0 Å². The number of hydrogen-bond acceptors (Lipinski definition) is 2. The minimum Gasteiger partial charge on any atom is -0.381 e. The van der Waals surface area contributed by atoms with E-state index in [2.05, 4.69) is 60.2 Å². The highest BCUT2D eigenvalue weighted by molar-refractivity contribution is 6.03. The van der Waals surface area contributed by atoms with E-state index in [-0.39, 0.29) is 0 Å². The van der Waals surface area contributed by atoms with Gasteiger partial charge in [-0.1, -0.05) is 36.4 Å². The molecule has 2 rings (SSSR count). The monoisotopic (exact) mass is 238 g/mol. The maximum Gasteiger partial charge on any atom is 0.0443 e. The first-order valence-corrected chi connectivity index (χ1v) is 6.08. The van der Waals surface area contributed by atoms with Gasteiger partial charge in [-0.05, 0) is 17.5 Å². The van der Waals surface area contributed by atoms with Gasteiger partial charge in [-0.3, -0.25) is 0 Å². The summed E-state index contributed by atoms with van der Waals surface area (Å²) in [7, 11) is 0. The Kier molecular flexibility index (Phi) is 4.02. The Morgan fingerprint density at radius 3 is 1.78 bits per heavy atom. The van der Waals surface area contributed by atoms with Gasteiger partial charge < -0.3 is 10.6 Å². The van der Waals surface area contributed by atoms with E-state index in [0.717, 1.165) is 24.5 Å². The Bertz CT molecular complexity index is 511. The van der Waals surface area contributed by atoms with E-state index in [4.69, 9.17) is 0 Å². The lowest BCUT2D eigenvalue weighted by Gasteiger charge is -2.13. The molecule has 92 valence electrons. The van der Waals surface area contributed by atoms with Crippen LogP contribution >= 0.6 is 0 Å². The van der Waals surface area contributed by atoms with Crippen molar-refractivity contribution in [2.75, 3.05) is 23.7 Å². The highest BCUT2D eigenvalue weighted by Gasteiger charge is 2.04. The van der Waals surface area contributed by atoms with Crippen LogP contribution in [0, 0.1) is 0 Å². The summed E-state index contributed by atoms with van der Waals surface area (Å²) < 4.78 is 0. The van der Waals surface area contributed by atoms with Crippen molar-refractivity contribution in [1.82, 2.24) is 0 Å². The molecule has 0 heterocycles. The van der Waals surface area contributed by atoms with Crippen LogP contribution in [-0.4, -0.2) is 13.1 Å². The van der Waals surface area contributed by atoms with Gasteiger partial charge in [0.15, 0.2) is 0 Å². The van der Waals surface area contributed by atoms with E-state index in [1.807, 2.05) is 12.2 Å². The summed E-state index contributed by atoms with van der Waals surface area (Å²) in [6, 6.07) is 12.5. The molecule has 0 atom stereocenters. The van der Waals surface area contributed by atoms with Gasteiger partial charge in [-0.15, -0.1) is 13.2 Å². The molecule has 2 heteroatoms. The minimum atomic E-state index is 0.759. The molecule has 0 radical (unpaired) electrons. The van der Waals surface area contributed by atoms with Gasteiger partial charge in [0.1, 0.15) is 0 Å². The zero-order valence-electron chi connectivity index (χ0n) is 10.4. The van der Waals surface area contributed by atoms with Crippen LogP contribution < -0.4 is 10.6 Å². The summed E-state index contributed by atoms with van der Waals surface area (Å²) in [6.45, 7) is 8.99. The standard InChI is InChI=1S/C16H18N2/c1-3-11-17-14-9-5-7-13-8-6-10-15(16(13)14)18-12-4-2/h3-10,17-18H,1-2,11-12H2. The number of fused-ring (bicyclic) bond motifs is 1. The van der Waals surface area contributed by atoms with E-state index in [0.29, 0.717) is 0 Å². The molecule has 0 aliphatic carbocycles. The van der Waals surface area contributed by atoms with Crippen LogP contribution in [0.2, 0.25) is 0 Å². The molecule has 0 aliphatic rings. The van der Waals surface area contributed by atoms with Crippen molar-refractivity contribution < 1.29 is 0 Å². The lowest BCUT2D eigenvalue weighted by atomic mass is 10.1. The minimum absolute atomic E-state index is 0.759. The number of anilines is 2. The smallest absolute Gasteiger partial charge is 0.0443 e. The number of rotatable bonds is 6. The first kappa shape index (κ1) is 12.2. The van der Waals surface area contributed by atoms with E-state index in [1.165, 1.54) is 10.8 Å². The first-order chi connectivity index (χ1) is 8.86. The van der Waals surface area contributed by atoms with Crippen LogP contribution in [-0.2, 0) is 0 Å². The fourth-order valence-corrected chi connectivity index (χ4v) is 2.00. The highest BCUT2D eigenvalue weighted by atomic mass is 14.9. The predicted octanol–water partition coefficient (Wildman–Crippen LogP) is 4.04. The Morgan fingerprint density at radius 1 is 0.833 bits per heavy atom. The van der Waals surface area contributed by atoms with Gasteiger partial charge in [0.25, 0.3) is 0 Å². The third kappa shape index (κ3) is 2.54. The van der Waals surface area contributed by atoms with Crippen molar-refractivity contribution in [3.05, 3.63) is 61.7 Å². The van der Waals surface area contributed by atoms with E-state index in [1.54, 1.807) is 0 Å².